The molecular formula is C13H20N2OS2. The Labute approximate surface area is 117 Å². The Morgan fingerprint density at radius 1 is 1.56 bits per heavy atom. The molecule has 0 radical (unpaired) electrons. The second kappa shape index (κ2) is 5.13. The van der Waals surface area contributed by atoms with Crippen LogP contribution in [-0.4, -0.2) is 17.4 Å². The van der Waals surface area contributed by atoms with Gasteiger partial charge in [-0.05, 0) is 43.3 Å². The van der Waals surface area contributed by atoms with Gasteiger partial charge in [-0.15, -0.1) is 11.3 Å². The molecule has 0 bridgehead atoms. The Balaban J connectivity index is 1.86. The van der Waals surface area contributed by atoms with Crippen LogP contribution < -0.4 is 5.32 Å². The lowest BCUT2D eigenvalue weighted by Gasteiger charge is -2.19. The molecule has 1 saturated carbocycles. The second-order valence-electron chi connectivity index (χ2n) is 5.53. The van der Waals surface area contributed by atoms with Crippen LogP contribution in [0.5, 0.6) is 0 Å². The average molecular weight is 284 g/mol. The highest BCUT2D eigenvalue weighted by atomic mass is 32.1. The highest BCUT2D eigenvalue weighted by Gasteiger charge is 2.45. The molecule has 0 unspecified atom stereocenters. The quantitative estimate of drug-likeness (QED) is 0.816. The Morgan fingerprint density at radius 2 is 2.22 bits per heavy atom. The Hall–Kier alpha value is -0.680. The van der Waals surface area contributed by atoms with E-state index in [0.717, 1.165) is 21.1 Å². The maximum absolute atomic E-state index is 11.9. The fraction of sp³-hybridized carbons (Fsp3) is 0.692. The minimum atomic E-state index is 0.107. The molecule has 1 aliphatic carbocycles. The summed E-state index contributed by atoms with van der Waals surface area (Å²) in [5.74, 6) is 0.754. The third kappa shape index (κ3) is 3.01. The number of H-pyrrole nitrogens is 1. The van der Waals surface area contributed by atoms with E-state index in [4.69, 9.17) is 12.2 Å². The van der Waals surface area contributed by atoms with Crippen molar-refractivity contribution in [1.82, 2.24) is 10.3 Å². The first kappa shape index (κ1) is 13.7. The van der Waals surface area contributed by atoms with Crippen LogP contribution in [0.2, 0.25) is 0 Å². The summed E-state index contributed by atoms with van der Waals surface area (Å²) in [6.07, 6.45) is 2.93. The normalized spacial score (nSPS) is 16.9. The summed E-state index contributed by atoms with van der Waals surface area (Å²) in [5, 5.41) is 3.07. The molecule has 5 heteroatoms. The van der Waals surface area contributed by atoms with Crippen molar-refractivity contribution in [3.63, 3.8) is 0 Å². The van der Waals surface area contributed by atoms with Gasteiger partial charge in [0.1, 0.15) is 0 Å². The zero-order valence-electron chi connectivity index (χ0n) is 11.1. The van der Waals surface area contributed by atoms with Crippen molar-refractivity contribution in [2.75, 3.05) is 6.54 Å². The topological polar surface area (TPSA) is 44.9 Å². The summed E-state index contributed by atoms with van der Waals surface area (Å²) < 4.78 is 0.746. The van der Waals surface area contributed by atoms with Crippen molar-refractivity contribution in [3.05, 3.63) is 14.5 Å². The predicted molar refractivity (Wildman–Crippen MR) is 77.5 cm³/mol. The summed E-state index contributed by atoms with van der Waals surface area (Å²) in [4.78, 5) is 16.0. The van der Waals surface area contributed by atoms with Gasteiger partial charge in [-0.25, -0.2) is 0 Å². The molecule has 1 aliphatic rings. The number of carbonyl (C=O) groups is 1. The molecule has 2 rings (SSSR count). The van der Waals surface area contributed by atoms with Crippen molar-refractivity contribution in [2.24, 2.45) is 11.3 Å². The van der Waals surface area contributed by atoms with E-state index in [1.807, 2.05) is 6.92 Å². The number of aryl methyl sites for hydroxylation is 1. The first-order valence-electron chi connectivity index (χ1n) is 6.38. The first-order valence-corrected chi connectivity index (χ1v) is 7.61. The van der Waals surface area contributed by atoms with Crippen molar-refractivity contribution in [1.29, 1.82) is 0 Å². The fourth-order valence-electron chi connectivity index (χ4n) is 2.21. The highest BCUT2D eigenvalue weighted by Crippen LogP contribution is 2.51. The zero-order chi connectivity index (χ0) is 13.3. The van der Waals surface area contributed by atoms with Crippen LogP contribution in [0.1, 0.15) is 37.3 Å². The van der Waals surface area contributed by atoms with E-state index in [2.05, 4.69) is 24.1 Å². The van der Waals surface area contributed by atoms with E-state index < -0.39 is 0 Å². The molecule has 2 N–H and O–H groups in total. The molecule has 0 spiro atoms. The summed E-state index contributed by atoms with van der Waals surface area (Å²) in [6.45, 7) is 7.26. The molecule has 1 amide bonds. The van der Waals surface area contributed by atoms with Gasteiger partial charge in [0.15, 0.2) is 3.95 Å². The molecule has 1 fully saturated rings. The number of aromatic amines is 1. The average Bonchev–Trinajstić information content (AvgIpc) is 3.00. The smallest absolute Gasteiger partial charge is 0.225 e. The van der Waals surface area contributed by atoms with Crippen molar-refractivity contribution >= 4 is 29.5 Å². The van der Waals surface area contributed by atoms with Crippen LogP contribution in [0.15, 0.2) is 0 Å². The summed E-state index contributed by atoms with van der Waals surface area (Å²) in [5.41, 5.74) is 1.39. The fourth-order valence-corrected chi connectivity index (χ4v) is 3.50. The van der Waals surface area contributed by atoms with Gasteiger partial charge in [-0.3, -0.25) is 4.79 Å². The minimum absolute atomic E-state index is 0.107. The van der Waals surface area contributed by atoms with Gasteiger partial charge in [0.25, 0.3) is 0 Å². The van der Waals surface area contributed by atoms with Gasteiger partial charge in [0, 0.05) is 17.1 Å². The molecule has 0 atom stereocenters. The van der Waals surface area contributed by atoms with Gasteiger partial charge in [0.2, 0.25) is 5.91 Å². The molecule has 0 aromatic carbocycles. The van der Waals surface area contributed by atoms with Gasteiger partial charge in [0.05, 0.1) is 6.42 Å². The maximum Gasteiger partial charge on any atom is 0.225 e. The number of thiazole rings is 1. The van der Waals surface area contributed by atoms with Gasteiger partial charge in [-0.2, -0.15) is 0 Å². The Kier molecular flexibility index (Phi) is 3.92. The number of hydrogen-bond acceptors (Lipinski definition) is 3. The van der Waals surface area contributed by atoms with E-state index >= 15 is 0 Å². The van der Waals surface area contributed by atoms with Gasteiger partial charge in [-0.1, -0.05) is 13.8 Å². The van der Waals surface area contributed by atoms with Crippen LogP contribution in [-0.2, 0) is 11.2 Å². The molecule has 1 aromatic heterocycles. The molecule has 0 saturated heterocycles. The summed E-state index contributed by atoms with van der Waals surface area (Å²) >= 11 is 6.57. The largest absolute Gasteiger partial charge is 0.355 e. The number of aromatic nitrogens is 1. The monoisotopic (exact) mass is 284 g/mol. The van der Waals surface area contributed by atoms with Crippen molar-refractivity contribution in [3.8, 4) is 0 Å². The zero-order valence-corrected chi connectivity index (χ0v) is 12.8. The minimum Gasteiger partial charge on any atom is -0.355 e. The second-order valence-corrected chi connectivity index (χ2v) is 7.31. The van der Waals surface area contributed by atoms with E-state index in [1.54, 1.807) is 0 Å². The van der Waals surface area contributed by atoms with Crippen LogP contribution >= 0.6 is 23.6 Å². The molecule has 1 aromatic rings. The number of nitrogens with one attached hydrogen (secondary N) is 2. The lowest BCUT2D eigenvalue weighted by molar-refractivity contribution is -0.120. The number of amides is 1. The third-order valence-corrected chi connectivity index (χ3v) is 5.34. The Bertz CT molecular complexity index is 497. The van der Waals surface area contributed by atoms with Crippen LogP contribution in [0.3, 0.4) is 0 Å². The molecule has 3 nitrogen and oxygen atoms in total. The SMILES string of the molecule is Cc1[nH]c(=S)sc1CC(=O)NCC1(C(C)C)CC1. The Morgan fingerprint density at radius 3 is 2.67 bits per heavy atom. The third-order valence-electron chi connectivity index (χ3n) is 4.00. The molecular weight excluding hydrogens is 264 g/mol. The maximum atomic E-state index is 11.9. The van der Waals surface area contributed by atoms with E-state index in [0.29, 0.717) is 17.8 Å². The van der Waals surface area contributed by atoms with Crippen LogP contribution in [0.4, 0.5) is 0 Å². The number of hydrogen-bond donors (Lipinski definition) is 2. The summed E-state index contributed by atoms with van der Waals surface area (Å²) in [6, 6.07) is 0. The first-order chi connectivity index (χ1) is 8.43. The molecule has 1 heterocycles. The van der Waals surface area contributed by atoms with E-state index in [-0.39, 0.29) is 5.91 Å². The molecule has 100 valence electrons. The molecule has 18 heavy (non-hydrogen) atoms. The van der Waals surface area contributed by atoms with E-state index in [9.17, 15) is 4.79 Å². The lowest BCUT2D eigenvalue weighted by Crippen LogP contribution is -2.33. The van der Waals surface area contributed by atoms with Crippen LogP contribution in [0, 0.1) is 22.2 Å². The van der Waals surface area contributed by atoms with Gasteiger partial charge >= 0.3 is 0 Å². The highest BCUT2D eigenvalue weighted by molar-refractivity contribution is 7.73. The predicted octanol–water partition coefficient (Wildman–Crippen LogP) is 3.21. The van der Waals surface area contributed by atoms with Crippen molar-refractivity contribution in [2.45, 2.75) is 40.0 Å². The number of carbonyl (C=O) groups excluding carboxylic acids is 1. The molecule has 0 aliphatic heterocycles. The van der Waals surface area contributed by atoms with Crippen LogP contribution in [0.25, 0.3) is 0 Å². The summed E-state index contributed by atoms with van der Waals surface area (Å²) in [7, 11) is 0. The number of rotatable bonds is 5. The van der Waals surface area contributed by atoms with Crippen molar-refractivity contribution < 1.29 is 4.79 Å². The standard InChI is InChI=1S/C13H20N2OS2/c1-8(2)13(4-5-13)7-14-11(16)6-10-9(3)15-12(17)18-10/h8H,4-7H2,1-3H3,(H,14,16)(H,15,17). The van der Waals surface area contributed by atoms with Gasteiger partial charge < -0.3 is 10.3 Å². The lowest BCUT2D eigenvalue weighted by atomic mass is 9.92. The van der Waals surface area contributed by atoms with E-state index in [1.165, 1.54) is 24.2 Å².